The number of aliphatic imine (C=N–C) groups is 2. The van der Waals surface area contributed by atoms with E-state index in [1.807, 2.05) is 60.2 Å². The molecule has 0 atom stereocenters. The molecule has 0 amide bonds. The summed E-state index contributed by atoms with van der Waals surface area (Å²) in [5.74, 6) is 3.82. The molecule has 0 aliphatic carbocycles. The standard InChI is InChI=1S/C28H24N4S2/c1-5-29-6-2-21(1)15-31-27-11-23-9-24(12-27)18-34-20-26-10-25(19-33-17-23)13-28(14-26)32-16-22-3-7-30-8-4-22/h1-16H,17-20H2. The second-order valence-corrected chi connectivity index (χ2v) is 10.0. The minimum Gasteiger partial charge on any atom is -0.265 e. The third-order valence-corrected chi connectivity index (χ3v) is 7.44. The van der Waals surface area contributed by atoms with E-state index in [0.29, 0.717) is 0 Å². The van der Waals surface area contributed by atoms with Gasteiger partial charge in [-0.3, -0.25) is 20.0 Å². The van der Waals surface area contributed by atoms with Crippen molar-refractivity contribution >= 4 is 47.3 Å². The van der Waals surface area contributed by atoms with Crippen LogP contribution in [0.4, 0.5) is 11.4 Å². The topological polar surface area (TPSA) is 50.5 Å². The van der Waals surface area contributed by atoms with E-state index >= 15 is 0 Å². The summed E-state index contributed by atoms with van der Waals surface area (Å²) in [6.07, 6.45) is 11.0. The zero-order valence-electron chi connectivity index (χ0n) is 18.7. The van der Waals surface area contributed by atoms with Crippen LogP contribution in [-0.2, 0) is 23.0 Å². The average Bonchev–Trinajstić information content (AvgIpc) is 2.87. The molecule has 0 saturated heterocycles. The minimum absolute atomic E-state index is 0.954. The lowest BCUT2D eigenvalue weighted by Gasteiger charge is -2.12. The third kappa shape index (κ3) is 6.43. The number of fused-ring (bicyclic) bond motifs is 4. The summed E-state index contributed by atoms with van der Waals surface area (Å²) in [7, 11) is 0. The van der Waals surface area contributed by atoms with Crippen molar-refractivity contribution in [3.8, 4) is 0 Å². The van der Waals surface area contributed by atoms with Crippen molar-refractivity contribution in [1.29, 1.82) is 0 Å². The number of rotatable bonds is 4. The van der Waals surface area contributed by atoms with Crippen LogP contribution in [-0.4, -0.2) is 22.4 Å². The van der Waals surface area contributed by atoms with Gasteiger partial charge < -0.3 is 0 Å². The maximum Gasteiger partial charge on any atom is 0.0635 e. The molecule has 0 fully saturated rings. The first kappa shape index (κ1) is 22.6. The van der Waals surface area contributed by atoms with E-state index in [2.05, 4.69) is 46.4 Å². The van der Waals surface area contributed by atoms with Gasteiger partial charge >= 0.3 is 0 Å². The van der Waals surface area contributed by atoms with Crippen LogP contribution in [0.1, 0.15) is 33.4 Å². The summed E-state index contributed by atoms with van der Waals surface area (Å²) in [4.78, 5) is 17.6. The van der Waals surface area contributed by atoms with Crippen LogP contribution in [0.25, 0.3) is 0 Å². The summed E-state index contributed by atoms with van der Waals surface area (Å²) >= 11 is 3.86. The second-order valence-electron chi connectivity index (χ2n) is 8.08. The van der Waals surface area contributed by atoms with Crippen molar-refractivity contribution < 1.29 is 0 Å². The average molecular weight is 481 g/mol. The first-order chi connectivity index (χ1) is 16.8. The van der Waals surface area contributed by atoms with Gasteiger partial charge in [-0.25, -0.2) is 0 Å². The maximum atomic E-state index is 4.74. The highest BCUT2D eigenvalue weighted by atomic mass is 32.2. The molecule has 4 nitrogen and oxygen atoms in total. The lowest BCUT2D eigenvalue weighted by atomic mass is 10.1. The molecule has 2 aromatic carbocycles. The van der Waals surface area contributed by atoms with Crippen molar-refractivity contribution in [3.63, 3.8) is 0 Å². The fraction of sp³-hybridized carbons (Fsp3) is 0.143. The molecule has 4 aromatic rings. The van der Waals surface area contributed by atoms with Crippen LogP contribution in [0.15, 0.2) is 95.4 Å². The molecule has 0 N–H and O–H groups in total. The molecular weight excluding hydrogens is 456 g/mol. The van der Waals surface area contributed by atoms with E-state index in [4.69, 9.17) is 9.98 Å². The number of hydrogen-bond donors (Lipinski definition) is 0. The molecule has 1 aliphatic heterocycles. The van der Waals surface area contributed by atoms with Gasteiger partial charge in [-0.05, 0) is 81.9 Å². The van der Waals surface area contributed by atoms with Gasteiger partial charge in [0.2, 0.25) is 0 Å². The van der Waals surface area contributed by atoms with Crippen LogP contribution < -0.4 is 0 Å². The molecule has 0 radical (unpaired) electrons. The number of hydrogen-bond acceptors (Lipinski definition) is 6. The van der Waals surface area contributed by atoms with Gasteiger partial charge in [0.15, 0.2) is 0 Å². The predicted octanol–water partition coefficient (Wildman–Crippen LogP) is 7.16. The normalized spacial score (nSPS) is 14.1. The SMILES string of the molecule is C(=Nc1cc2cc(c1)CSCc1cc(cc(N=Cc3ccncc3)c1)CSC2)c1ccncc1. The molecule has 0 saturated carbocycles. The predicted molar refractivity (Wildman–Crippen MR) is 146 cm³/mol. The molecule has 5 rings (SSSR count). The van der Waals surface area contributed by atoms with E-state index in [1.54, 1.807) is 24.8 Å². The van der Waals surface area contributed by atoms with Crippen LogP contribution in [0.5, 0.6) is 0 Å². The molecule has 2 aromatic heterocycles. The van der Waals surface area contributed by atoms with Crippen molar-refractivity contribution in [2.75, 3.05) is 0 Å². The van der Waals surface area contributed by atoms with Gasteiger partial charge in [-0.1, -0.05) is 12.1 Å². The van der Waals surface area contributed by atoms with E-state index < -0.39 is 0 Å². The number of thioether (sulfide) groups is 2. The monoisotopic (exact) mass is 480 g/mol. The van der Waals surface area contributed by atoms with Crippen LogP contribution in [0.3, 0.4) is 0 Å². The third-order valence-electron chi connectivity index (χ3n) is 5.29. The summed E-state index contributed by atoms with van der Waals surface area (Å²) in [6.45, 7) is 0. The maximum absolute atomic E-state index is 4.74. The van der Waals surface area contributed by atoms with E-state index in [0.717, 1.165) is 45.5 Å². The number of pyridine rings is 2. The van der Waals surface area contributed by atoms with Crippen LogP contribution in [0, 0.1) is 0 Å². The molecule has 6 heteroatoms. The smallest absolute Gasteiger partial charge is 0.0635 e. The zero-order valence-corrected chi connectivity index (χ0v) is 20.3. The Bertz CT molecular complexity index is 1160. The van der Waals surface area contributed by atoms with E-state index in [9.17, 15) is 0 Å². The van der Waals surface area contributed by atoms with Gasteiger partial charge in [-0.2, -0.15) is 23.5 Å². The number of benzene rings is 2. The van der Waals surface area contributed by atoms with Gasteiger partial charge in [-0.15, -0.1) is 0 Å². The molecule has 3 heterocycles. The molecule has 34 heavy (non-hydrogen) atoms. The molecule has 168 valence electrons. The van der Waals surface area contributed by atoms with Crippen molar-refractivity contribution in [2.45, 2.75) is 23.0 Å². The summed E-state index contributed by atoms with van der Waals surface area (Å²) in [5.41, 5.74) is 9.40. The molecule has 0 spiro atoms. The Morgan fingerprint density at radius 2 is 0.882 bits per heavy atom. The Labute approximate surface area is 208 Å². The van der Waals surface area contributed by atoms with Crippen LogP contribution >= 0.6 is 23.5 Å². The fourth-order valence-electron chi connectivity index (χ4n) is 3.74. The Morgan fingerprint density at radius 3 is 1.24 bits per heavy atom. The van der Waals surface area contributed by atoms with Crippen molar-refractivity contribution in [2.24, 2.45) is 9.98 Å². The van der Waals surface area contributed by atoms with E-state index in [-0.39, 0.29) is 0 Å². The number of aromatic nitrogens is 2. The highest BCUT2D eigenvalue weighted by Gasteiger charge is 2.07. The lowest BCUT2D eigenvalue weighted by Crippen LogP contribution is -1.92. The molecular formula is C28H24N4S2. The molecule has 4 bridgehead atoms. The van der Waals surface area contributed by atoms with Crippen LogP contribution in [0.2, 0.25) is 0 Å². The van der Waals surface area contributed by atoms with Gasteiger partial charge in [0.25, 0.3) is 0 Å². The fourth-order valence-corrected chi connectivity index (χ4v) is 5.55. The molecule has 0 unspecified atom stereocenters. The van der Waals surface area contributed by atoms with E-state index in [1.165, 1.54) is 22.3 Å². The van der Waals surface area contributed by atoms with Gasteiger partial charge in [0, 0.05) is 60.2 Å². The van der Waals surface area contributed by atoms with Crippen molar-refractivity contribution in [1.82, 2.24) is 9.97 Å². The zero-order chi connectivity index (χ0) is 23.0. The Hall–Kier alpha value is -3.22. The highest BCUT2D eigenvalue weighted by molar-refractivity contribution is 7.98. The second kappa shape index (κ2) is 11.3. The van der Waals surface area contributed by atoms with Gasteiger partial charge in [0.1, 0.15) is 0 Å². The summed E-state index contributed by atoms with van der Waals surface area (Å²) in [6, 6.07) is 21.3. The first-order valence-electron chi connectivity index (χ1n) is 11.1. The Kier molecular flexibility index (Phi) is 7.48. The largest absolute Gasteiger partial charge is 0.265 e. The van der Waals surface area contributed by atoms with Crippen molar-refractivity contribution in [3.05, 3.63) is 119 Å². The summed E-state index contributed by atoms with van der Waals surface area (Å²) < 4.78 is 0. The Morgan fingerprint density at radius 1 is 0.529 bits per heavy atom. The number of nitrogens with zero attached hydrogens (tertiary/aromatic N) is 4. The lowest BCUT2D eigenvalue weighted by molar-refractivity contribution is 1.27. The van der Waals surface area contributed by atoms with Gasteiger partial charge in [0.05, 0.1) is 11.4 Å². The minimum atomic E-state index is 0.954. The quantitative estimate of drug-likeness (QED) is 0.291. The first-order valence-corrected chi connectivity index (χ1v) is 13.4. The molecule has 1 aliphatic rings. The Balaban J connectivity index is 1.34. The highest BCUT2D eigenvalue weighted by Crippen LogP contribution is 2.30. The summed E-state index contributed by atoms with van der Waals surface area (Å²) in [5, 5.41) is 0.